The summed E-state index contributed by atoms with van der Waals surface area (Å²) in [5, 5.41) is 19.6. The molecule has 0 aliphatic heterocycles. The van der Waals surface area contributed by atoms with E-state index >= 15 is 0 Å². The van der Waals surface area contributed by atoms with Gasteiger partial charge in [-0.15, -0.1) is 10.2 Å². The van der Waals surface area contributed by atoms with Gasteiger partial charge in [0, 0.05) is 18.4 Å². The number of aryl methyl sites for hydroxylation is 1. The number of aromatic nitrogens is 7. The molecule has 37 heavy (non-hydrogen) atoms. The van der Waals surface area contributed by atoms with E-state index in [2.05, 4.69) is 62.6 Å². The molecular formula is C29H38N8. The molecule has 0 spiro atoms. The highest BCUT2D eigenvalue weighted by Gasteiger charge is 2.23. The van der Waals surface area contributed by atoms with Crippen LogP contribution in [0, 0.1) is 11.8 Å². The lowest BCUT2D eigenvalue weighted by molar-refractivity contribution is 0.273. The Hall–Kier alpha value is -3.39. The van der Waals surface area contributed by atoms with Crippen molar-refractivity contribution in [1.29, 1.82) is 0 Å². The minimum Gasteiger partial charge on any atom is -0.330 e. The predicted molar refractivity (Wildman–Crippen MR) is 146 cm³/mol. The molecule has 8 heteroatoms. The fourth-order valence-electron chi connectivity index (χ4n) is 5.44. The molecule has 1 aliphatic rings. The van der Waals surface area contributed by atoms with E-state index in [0.717, 1.165) is 60.7 Å². The summed E-state index contributed by atoms with van der Waals surface area (Å²) in [6.07, 6.45) is 10.5. The monoisotopic (exact) mass is 498 g/mol. The van der Waals surface area contributed by atoms with Crippen LogP contribution in [0.25, 0.3) is 22.5 Å². The summed E-state index contributed by atoms with van der Waals surface area (Å²) in [5.41, 5.74) is 10.3. The summed E-state index contributed by atoms with van der Waals surface area (Å²) in [4.78, 5) is 5.02. The molecule has 0 radical (unpaired) electrons. The maximum Gasteiger partial charge on any atom is 0.205 e. The maximum atomic E-state index is 5.92. The van der Waals surface area contributed by atoms with Gasteiger partial charge in [-0.25, -0.2) is 9.67 Å². The van der Waals surface area contributed by atoms with E-state index in [1.807, 2.05) is 18.2 Å². The second-order valence-electron chi connectivity index (χ2n) is 10.4. The highest BCUT2D eigenvalue weighted by molar-refractivity contribution is 5.80. The fourth-order valence-corrected chi connectivity index (χ4v) is 5.44. The van der Waals surface area contributed by atoms with Crippen LogP contribution >= 0.6 is 0 Å². The third-order valence-corrected chi connectivity index (χ3v) is 7.68. The van der Waals surface area contributed by atoms with Crippen LogP contribution in [-0.4, -0.2) is 41.9 Å². The van der Waals surface area contributed by atoms with Gasteiger partial charge in [-0.2, -0.15) is 10.3 Å². The summed E-state index contributed by atoms with van der Waals surface area (Å²) in [6.45, 7) is 3.79. The number of nitrogens with zero attached hydrogens (tertiary/aromatic N) is 6. The molecule has 0 saturated heterocycles. The zero-order valence-corrected chi connectivity index (χ0v) is 21.8. The molecule has 8 nitrogen and oxygen atoms in total. The highest BCUT2D eigenvalue weighted by Crippen LogP contribution is 2.31. The molecular weight excluding hydrogens is 460 g/mol. The van der Waals surface area contributed by atoms with Gasteiger partial charge < -0.3 is 5.73 Å². The van der Waals surface area contributed by atoms with Crippen LogP contribution in [0.5, 0.6) is 0 Å². The van der Waals surface area contributed by atoms with Gasteiger partial charge in [0.15, 0.2) is 5.82 Å². The quantitative estimate of drug-likeness (QED) is 0.275. The van der Waals surface area contributed by atoms with Crippen molar-refractivity contribution in [1.82, 2.24) is 35.4 Å². The summed E-state index contributed by atoms with van der Waals surface area (Å²) in [5.74, 6) is 4.10. The van der Waals surface area contributed by atoms with E-state index < -0.39 is 0 Å². The van der Waals surface area contributed by atoms with Crippen molar-refractivity contribution in [2.75, 3.05) is 6.54 Å². The Balaban J connectivity index is 1.33. The number of hydrogen-bond acceptors (Lipinski definition) is 6. The lowest BCUT2D eigenvalue weighted by Gasteiger charge is -2.27. The van der Waals surface area contributed by atoms with Crippen molar-refractivity contribution in [3.63, 3.8) is 0 Å². The minimum atomic E-state index is 0.600. The van der Waals surface area contributed by atoms with Crippen molar-refractivity contribution < 1.29 is 0 Å². The molecule has 2 aromatic carbocycles. The molecule has 194 valence electrons. The fraction of sp³-hybridized carbons (Fsp3) is 0.483. The van der Waals surface area contributed by atoms with E-state index in [4.69, 9.17) is 15.8 Å². The van der Waals surface area contributed by atoms with Crippen molar-refractivity contribution in [3.05, 3.63) is 65.7 Å². The van der Waals surface area contributed by atoms with Crippen LogP contribution in [0.4, 0.5) is 0 Å². The number of nitrogens with one attached hydrogen (secondary N) is 1. The number of H-pyrrole nitrogens is 1. The third-order valence-electron chi connectivity index (χ3n) is 7.68. The smallest absolute Gasteiger partial charge is 0.205 e. The molecule has 4 aromatic rings. The highest BCUT2D eigenvalue weighted by atomic mass is 15.5. The second-order valence-corrected chi connectivity index (χ2v) is 10.4. The Morgan fingerprint density at radius 3 is 2.41 bits per heavy atom. The van der Waals surface area contributed by atoms with Crippen LogP contribution in [0.3, 0.4) is 0 Å². The van der Waals surface area contributed by atoms with Crippen LogP contribution in [0.1, 0.15) is 69.1 Å². The first-order valence-corrected chi connectivity index (χ1v) is 13.8. The summed E-state index contributed by atoms with van der Waals surface area (Å²) < 4.78 is 2.15. The Kier molecular flexibility index (Phi) is 8.35. The summed E-state index contributed by atoms with van der Waals surface area (Å²) >= 11 is 0. The average Bonchev–Trinajstić information content (AvgIpc) is 3.60. The number of nitrogens with two attached hydrogens (primary N) is 1. The predicted octanol–water partition coefficient (Wildman–Crippen LogP) is 5.21. The molecule has 2 aromatic heterocycles. The van der Waals surface area contributed by atoms with Gasteiger partial charge in [0.05, 0.1) is 6.54 Å². The average molecular weight is 499 g/mol. The largest absolute Gasteiger partial charge is 0.330 e. The van der Waals surface area contributed by atoms with Crippen molar-refractivity contribution in [3.8, 4) is 22.5 Å². The van der Waals surface area contributed by atoms with Gasteiger partial charge >= 0.3 is 0 Å². The molecule has 3 N–H and O–H groups in total. The van der Waals surface area contributed by atoms with Crippen LogP contribution in [0.15, 0.2) is 48.5 Å². The standard InChI is InChI=1S/C29H38N8/c1-2-3-4-9-27-31-28(18-21-10-12-22(19-30)13-11-21)37(34-27)20-23-14-16-24(17-15-23)25-7-5-6-8-26(25)29-32-35-36-33-29/h5-8,14-17,21-22H,2-4,9-13,18-20,30H2,1H3,(H,32,33,35,36). The van der Waals surface area contributed by atoms with E-state index in [1.165, 1.54) is 44.1 Å². The van der Waals surface area contributed by atoms with E-state index in [-0.39, 0.29) is 0 Å². The van der Waals surface area contributed by atoms with Crippen molar-refractivity contribution in [2.24, 2.45) is 17.6 Å². The zero-order chi connectivity index (χ0) is 25.5. The number of benzene rings is 2. The van der Waals surface area contributed by atoms with E-state index in [1.54, 1.807) is 0 Å². The Morgan fingerprint density at radius 1 is 0.946 bits per heavy atom. The molecule has 0 atom stereocenters. The zero-order valence-electron chi connectivity index (χ0n) is 21.8. The molecule has 1 fully saturated rings. The molecule has 1 aliphatic carbocycles. The third kappa shape index (κ3) is 6.31. The first kappa shape index (κ1) is 25.3. The van der Waals surface area contributed by atoms with Gasteiger partial charge in [-0.1, -0.05) is 68.3 Å². The Labute approximate surface area is 219 Å². The molecule has 1 saturated carbocycles. The normalized spacial score (nSPS) is 17.8. The van der Waals surface area contributed by atoms with Gasteiger partial charge in [0.25, 0.3) is 0 Å². The lowest BCUT2D eigenvalue weighted by Crippen LogP contribution is -2.23. The van der Waals surface area contributed by atoms with Crippen molar-refractivity contribution >= 4 is 0 Å². The Bertz CT molecular complexity index is 1240. The number of aromatic amines is 1. The van der Waals surface area contributed by atoms with Crippen LogP contribution in [0.2, 0.25) is 0 Å². The van der Waals surface area contributed by atoms with E-state index in [0.29, 0.717) is 17.7 Å². The number of tetrazole rings is 1. The molecule has 0 amide bonds. The van der Waals surface area contributed by atoms with Crippen molar-refractivity contribution in [2.45, 2.75) is 71.3 Å². The summed E-state index contributed by atoms with van der Waals surface area (Å²) in [6, 6.07) is 16.9. The number of rotatable bonds is 11. The Morgan fingerprint density at radius 2 is 1.70 bits per heavy atom. The first-order valence-electron chi connectivity index (χ1n) is 13.8. The SMILES string of the molecule is CCCCCc1nc(CC2CCC(CN)CC2)n(Cc2ccc(-c3ccccc3-c3nn[nH]n3)cc2)n1. The molecule has 2 heterocycles. The topological polar surface area (TPSA) is 111 Å². The number of hydrogen-bond donors (Lipinski definition) is 2. The van der Waals surface area contributed by atoms with Crippen LogP contribution < -0.4 is 5.73 Å². The molecule has 0 bridgehead atoms. The van der Waals surface area contributed by atoms with Gasteiger partial charge in [0.2, 0.25) is 5.82 Å². The maximum absolute atomic E-state index is 5.92. The minimum absolute atomic E-state index is 0.600. The summed E-state index contributed by atoms with van der Waals surface area (Å²) in [7, 11) is 0. The van der Waals surface area contributed by atoms with Gasteiger partial charge in [-0.05, 0) is 72.4 Å². The second kappa shape index (κ2) is 12.2. The lowest BCUT2D eigenvalue weighted by atomic mass is 9.80. The molecule has 5 rings (SSSR count). The van der Waals surface area contributed by atoms with Crippen LogP contribution in [-0.2, 0) is 19.4 Å². The van der Waals surface area contributed by atoms with E-state index in [9.17, 15) is 0 Å². The molecule has 0 unspecified atom stereocenters. The van der Waals surface area contributed by atoms with Gasteiger partial charge in [-0.3, -0.25) is 0 Å². The van der Waals surface area contributed by atoms with Gasteiger partial charge in [0.1, 0.15) is 5.82 Å². The first-order chi connectivity index (χ1) is 18.2. The number of unbranched alkanes of at least 4 members (excludes halogenated alkanes) is 2.